The summed E-state index contributed by atoms with van der Waals surface area (Å²) in [7, 11) is 0. The monoisotopic (exact) mass is 285 g/mol. The Morgan fingerprint density at radius 2 is 1.29 bits per heavy atom. The van der Waals surface area contributed by atoms with E-state index < -0.39 is 0 Å². The first-order valence-electron chi connectivity index (χ1n) is 8.83. The fraction of sp³-hybridized carbons (Fsp3) is 0.833. The van der Waals surface area contributed by atoms with Crippen molar-refractivity contribution in [3.63, 3.8) is 0 Å². The maximum atomic E-state index is 4.24. The Labute approximate surface area is 144 Å². The number of rotatable bonds is 13. The molecule has 0 saturated carbocycles. The van der Waals surface area contributed by atoms with E-state index >= 15 is 0 Å². The largest absolute Gasteiger partial charge is 0.346 e. The average Bonchev–Trinajstić information content (AvgIpc) is 2.86. The molecule has 0 amide bonds. The van der Waals surface area contributed by atoms with Gasteiger partial charge >= 0.3 is 0 Å². The Morgan fingerprint density at radius 3 is 1.71 bits per heavy atom. The molecule has 1 heterocycles. The van der Waals surface area contributed by atoms with Crippen molar-refractivity contribution in [2.45, 2.75) is 97.3 Å². The molecule has 0 aliphatic carbocycles. The van der Waals surface area contributed by atoms with Crippen LogP contribution in [-0.4, -0.2) is 28.8 Å². The third-order valence-corrected chi connectivity index (χ3v) is 4.06. The molecule has 1 rings (SSSR count). The molecule has 1 radical (unpaired) electrons. The minimum atomic E-state index is 0. The molecule has 0 unspecified atom stereocenters. The first kappa shape index (κ1) is 20.8. The second-order valence-electron chi connectivity index (χ2n) is 6.13. The molecule has 0 aromatic carbocycles. The van der Waals surface area contributed by atoms with Gasteiger partial charge in [-0.15, -0.1) is 0 Å². The number of imidazole rings is 1. The van der Waals surface area contributed by atoms with Crippen LogP contribution in [0.1, 0.15) is 95.5 Å². The van der Waals surface area contributed by atoms with Gasteiger partial charge in [-0.2, -0.15) is 0 Å². The van der Waals surface area contributed by atoms with Crippen LogP contribution in [0.3, 0.4) is 0 Å². The van der Waals surface area contributed by atoms with Crippen LogP contribution in [0, 0.1) is 6.92 Å². The van der Waals surface area contributed by atoms with Gasteiger partial charge in [-0.3, -0.25) is 0 Å². The van der Waals surface area contributed by atoms with Crippen LogP contribution < -0.4 is 0 Å². The maximum Gasteiger partial charge on any atom is 0.103 e. The zero-order chi connectivity index (χ0) is 14.5. The summed E-state index contributed by atoms with van der Waals surface area (Å²) in [5.41, 5.74) is 1.30. The molecule has 21 heavy (non-hydrogen) atoms. The number of hydrogen-bond acceptors (Lipinski definition) is 1. The summed E-state index contributed by atoms with van der Waals surface area (Å²) >= 11 is 0. The quantitative estimate of drug-likeness (QED) is 0.372. The van der Waals surface area contributed by atoms with Gasteiger partial charge < -0.3 is 4.98 Å². The van der Waals surface area contributed by atoms with Crippen LogP contribution in [0.4, 0.5) is 0 Å². The second-order valence-corrected chi connectivity index (χ2v) is 6.13. The van der Waals surface area contributed by atoms with Crippen molar-refractivity contribution in [1.82, 2.24) is 9.97 Å². The molecule has 0 spiro atoms. The Bertz CT molecular complexity index is 323. The molecule has 0 atom stereocenters. The number of hydrogen-bond donors (Lipinski definition) is 1. The molecule has 0 fully saturated rings. The summed E-state index contributed by atoms with van der Waals surface area (Å²) in [6, 6.07) is 0. The summed E-state index contributed by atoms with van der Waals surface area (Å²) in [6.07, 6.45) is 20.1. The van der Waals surface area contributed by atoms with Crippen LogP contribution >= 0.6 is 0 Å². The van der Waals surface area contributed by atoms with Gasteiger partial charge in [-0.1, -0.05) is 77.6 Å². The fourth-order valence-electron chi connectivity index (χ4n) is 2.76. The predicted octanol–water partition coefficient (Wildman–Crippen LogP) is 5.58. The minimum absolute atomic E-state index is 0. The van der Waals surface area contributed by atoms with E-state index in [4.69, 9.17) is 0 Å². The molecule has 1 aromatic rings. The maximum absolute atomic E-state index is 4.24. The molecule has 3 heteroatoms. The van der Waals surface area contributed by atoms with Gasteiger partial charge in [0.1, 0.15) is 5.82 Å². The van der Waals surface area contributed by atoms with Gasteiger partial charge in [0.25, 0.3) is 0 Å². The minimum Gasteiger partial charge on any atom is -0.346 e. The van der Waals surface area contributed by atoms with Crippen molar-refractivity contribution in [1.29, 1.82) is 0 Å². The molecule has 0 aliphatic heterocycles. The molecular formula is C18H34LiN2. The zero-order valence-corrected chi connectivity index (χ0v) is 14.7. The smallest absolute Gasteiger partial charge is 0.103 e. The van der Waals surface area contributed by atoms with Crippen molar-refractivity contribution < 1.29 is 0 Å². The van der Waals surface area contributed by atoms with E-state index in [1.165, 1.54) is 82.7 Å². The van der Waals surface area contributed by atoms with Gasteiger partial charge in [0.15, 0.2) is 0 Å². The molecule has 117 valence electrons. The molecular weight excluding hydrogens is 251 g/mol. The summed E-state index contributed by atoms with van der Waals surface area (Å²) in [4.78, 5) is 7.54. The number of aryl methyl sites for hydroxylation is 2. The van der Waals surface area contributed by atoms with Gasteiger partial charge in [0, 0.05) is 30.8 Å². The number of H-pyrrole nitrogens is 1. The van der Waals surface area contributed by atoms with E-state index in [2.05, 4.69) is 16.9 Å². The standard InChI is InChI=1S/C18H34N2.Li/c1-3-4-5-6-7-8-9-10-11-12-13-14-15-18-16-19-17(2)20-18;/h16H,3-15H2,1-2H3,(H,19,20);. The van der Waals surface area contributed by atoms with E-state index in [1.807, 2.05) is 13.1 Å². The first-order chi connectivity index (χ1) is 9.83. The number of nitrogens with one attached hydrogen (secondary N) is 1. The van der Waals surface area contributed by atoms with Gasteiger partial charge in [-0.25, -0.2) is 4.98 Å². The third-order valence-electron chi connectivity index (χ3n) is 4.06. The second kappa shape index (κ2) is 14.7. The zero-order valence-electron chi connectivity index (χ0n) is 14.7. The van der Waals surface area contributed by atoms with Crippen molar-refractivity contribution in [2.24, 2.45) is 0 Å². The van der Waals surface area contributed by atoms with E-state index in [9.17, 15) is 0 Å². The van der Waals surface area contributed by atoms with Crippen molar-refractivity contribution in [3.8, 4) is 0 Å². The number of aromatic amines is 1. The van der Waals surface area contributed by atoms with Gasteiger partial charge in [0.2, 0.25) is 0 Å². The summed E-state index contributed by atoms with van der Waals surface area (Å²) in [5, 5.41) is 0. The van der Waals surface area contributed by atoms with Gasteiger partial charge in [-0.05, 0) is 19.8 Å². The summed E-state index contributed by atoms with van der Waals surface area (Å²) < 4.78 is 0. The van der Waals surface area contributed by atoms with Crippen LogP contribution in [0.15, 0.2) is 6.20 Å². The Morgan fingerprint density at radius 1 is 0.810 bits per heavy atom. The topological polar surface area (TPSA) is 28.7 Å². The Kier molecular flexibility index (Phi) is 14.6. The molecule has 0 bridgehead atoms. The van der Waals surface area contributed by atoms with E-state index in [1.54, 1.807) is 0 Å². The summed E-state index contributed by atoms with van der Waals surface area (Å²) in [6.45, 7) is 4.30. The summed E-state index contributed by atoms with van der Waals surface area (Å²) in [5.74, 6) is 1.04. The van der Waals surface area contributed by atoms with Crippen LogP contribution in [0.5, 0.6) is 0 Å². The number of aromatic nitrogens is 2. The van der Waals surface area contributed by atoms with Gasteiger partial charge in [0.05, 0.1) is 0 Å². The SMILES string of the molecule is CCCCCCCCCCCCCCc1cnc(C)[nH]1.[Li]. The fourth-order valence-corrected chi connectivity index (χ4v) is 2.76. The molecule has 0 aliphatic rings. The van der Waals surface area contributed by atoms with E-state index in [-0.39, 0.29) is 18.9 Å². The van der Waals surface area contributed by atoms with E-state index in [0.29, 0.717) is 0 Å². The predicted molar refractivity (Wildman–Crippen MR) is 93.9 cm³/mol. The molecule has 1 N–H and O–H groups in total. The first-order valence-corrected chi connectivity index (χ1v) is 8.83. The number of unbranched alkanes of at least 4 members (excludes halogenated alkanes) is 11. The van der Waals surface area contributed by atoms with Crippen molar-refractivity contribution in [2.75, 3.05) is 0 Å². The molecule has 2 nitrogen and oxygen atoms in total. The van der Waals surface area contributed by atoms with Crippen LogP contribution in [0.2, 0.25) is 0 Å². The Balaban J connectivity index is 0.00000400. The van der Waals surface area contributed by atoms with Crippen molar-refractivity contribution >= 4 is 18.9 Å². The number of nitrogens with zero attached hydrogens (tertiary/aromatic N) is 1. The third kappa shape index (κ3) is 12.1. The molecule has 0 saturated heterocycles. The molecule has 1 aromatic heterocycles. The average molecular weight is 285 g/mol. The van der Waals surface area contributed by atoms with Crippen LogP contribution in [0.25, 0.3) is 0 Å². The normalized spacial score (nSPS) is 10.6. The Hall–Kier alpha value is -0.193. The van der Waals surface area contributed by atoms with Crippen LogP contribution in [-0.2, 0) is 6.42 Å². The van der Waals surface area contributed by atoms with E-state index in [0.717, 1.165) is 12.2 Å². The van der Waals surface area contributed by atoms with Crippen molar-refractivity contribution in [3.05, 3.63) is 17.7 Å².